The minimum absolute atomic E-state index is 1.15. The van der Waals surface area contributed by atoms with E-state index in [4.69, 9.17) is 0 Å². The van der Waals surface area contributed by atoms with Gasteiger partial charge in [-0.3, -0.25) is 0 Å². The number of rotatable bonds is 3. The Bertz CT molecular complexity index is 2440. The number of aromatic nitrogens is 2. The fraction of sp³-hybridized carbons (Fsp3) is 0. The summed E-state index contributed by atoms with van der Waals surface area (Å²) in [6, 6.07) is 55.0. The summed E-state index contributed by atoms with van der Waals surface area (Å²) in [4.78, 5) is 0. The molecule has 0 saturated carbocycles. The summed E-state index contributed by atoms with van der Waals surface area (Å²) < 4.78 is 4.71. The Morgan fingerprint density at radius 3 is 1.93 bits per heavy atom. The molecule has 196 valence electrons. The number of nitrogens with zero attached hydrogens (tertiary/aromatic N) is 2. The van der Waals surface area contributed by atoms with Gasteiger partial charge >= 0.3 is 0 Å². The summed E-state index contributed by atoms with van der Waals surface area (Å²) in [5, 5.41) is 8.95. The largest absolute Gasteiger partial charge is 0.316 e. The summed E-state index contributed by atoms with van der Waals surface area (Å²) in [6.07, 6.45) is 2.20. The van der Waals surface area contributed by atoms with E-state index in [0.717, 1.165) is 5.69 Å². The van der Waals surface area contributed by atoms with Gasteiger partial charge in [-0.1, -0.05) is 103 Å². The maximum Gasteiger partial charge on any atom is 0.0635 e. The van der Waals surface area contributed by atoms with Crippen LogP contribution < -0.4 is 0 Å². The smallest absolute Gasteiger partial charge is 0.0635 e. The van der Waals surface area contributed by atoms with Crippen LogP contribution in [0.3, 0.4) is 0 Å². The molecule has 2 heterocycles. The van der Waals surface area contributed by atoms with Gasteiger partial charge in [0.25, 0.3) is 0 Å². The maximum absolute atomic E-state index is 2.41. The van der Waals surface area contributed by atoms with Gasteiger partial charge in [0.15, 0.2) is 0 Å². The van der Waals surface area contributed by atoms with Crippen LogP contribution in [0.5, 0.6) is 0 Å². The molecule has 0 radical (unpaired) electrons. The standard InChI is InChI=1S/C40H26N2/c1-2-9-32(10-3-1)42-39-13-7-6-12-35(39)36-22-23-38-37(40(36)42)24-25-41(38)31-19-16-27(17-20-31)29-18-21-34-30(26-29)15-14-28-8-4-5-11-33(28)34/h1-26H. The lowest BCUT2D eigenvalue weighted by atomic mass is 9.97. The Labute approximate surface area is 243 Å². The molecule has 0 amide bonds. The topological polar surface area (TPSA) is 9.86 Å². The molecule has 0 atom stereocenters. The van der Waals surface area contributed by atoms with Gasteiger partial charge in [-0.05, 0) is 81.2 Å². The molecule has 2 nitrogen and oxygen atoms in total. The Morgan fingerprint density at radius 1 is 0.357 bits per heavy atom. The Kier molecular flexibility index (Phi) is 4.93. The van der Waals surface area contributed by atoms with Crippen molar-refractivity contribution in [3.8, 4) is 22.5 Å². The van der Waals surface area contributed by atoms with Gasteiger partial charge in [-0.2, -0.15) is 0 Å². The maximum atomic E-state index is 2.41. The second-order valence-corrected chi connectivity index (χ2v) is 11.0. The Hall–Kier alpha value is -5.60. The normalized spacial score (nSPS) is 11.8. The van der Waals surface area contributed by atoms with E-state index >= 15 is 0 Å². The molecule has 0 aliphatic carbocycles. The first-order valence-electron chi connectivity index (χ1n) is 14.4. The van der Waals surface area contributed by atoms with Crippen LogP contribution in [0.15, 0.2) is 158 Å². The first kappa shape index (κ1) is 23.1. The molecule has 2 aromatic heterocycles. The van der Waals surface area contributed by atoms with Gasteiger partial charge in [0, 0.05) is 33.7 Å². The molecule has 0 bridgehead atoms. The van der Waals surface area contributed by atoms with Crippen molar-refractivity contribution in [3.63, 3.8) is 0 Å². The number of hydrogen-bond acceptors (Lipinski definition) is 0. The second kappa shape index (κ2) is 8.95. The lowest BCUT2D eigenvalue weighted by Crippen LogP contribution is -1.94. The molecular formula is C40H26N2. The zero-order chi connectivity index (χ0) is 27.6. The molecule has 0 aliphatic rings. The molecule has 0 unspecified atom stereocenters. The molecule has 0 spiro atoms. The fourth-order valence-electron chi connectivity index (χ4n) is 6.75. The first-order chi connectivity index (χ1) is 20.8. The van der Waals surface area contributed by atoms with E-state index in [2.05, 4.69) is 167 Å². The van der Waals surface area contributed by atoms with Gasteiger partial charge < -0.3 is 9.13 Å². The third-order valence-electron chi connectivity index (χ3n) is 8.74. The second-order valence-electron chi connectivity index (χ2n) is 11.0. The summed E-state index contributed by atoms with van der Waals surface area (Å²) in [6.45, 7) is 0. The lowest BCUT2D eigenvalue weighted by molar-refractivity contribution is 1.13. The zero-order valence-corrected chi connectivity index (χ0v) is 22.9. The van der Waals surface area contributed by atoms with E-state index in [1.54, 1.807) is 0 Å². The third kappa shape index (κ3) is 3.39. The highest BCUT2D eigenvalue weighted by molar-refractivity contribution is 6.18. The SMILES string of the molecule is c1ccc(-n2c3ccccc3c3ccc4c(ccn4-c4ccc(-c5ccc6c(ccc7ccccc76)c5)cc4)c32)cc1. The van der Waals surface area contributed by atoms with Crippen molar-refractivity contribution < 1.29 is 0 Å². The van der Waals surface area contributed by atoms with Crippen LogP contribution in [-0.2, 0) is 0 Å². The number of hydrogen-bond donors (Lipinski definition) is 0. The summed E-state index contributed by atoms with van der Waals surface area (Å²) >= 11 is 0. The van der Waals surface area contributed by atoms with E-state index in [1.165, 1.54) is 71.1 Å². The minimum Gasteiger partial charge on any atom is -0.316 e. The molecule has 0 fully saturated rings. The molecule has 0 N–H and O–H groups in total. The van der Waals surface area contributed by atoms with Gasteiger partial charge in [-0.25, -0.2) is 0 Å². The monoisotopic (exact) mass is 534 g/mol. The average Bonchev–Trinajstić information content (AvgIpc) is 3.64. The fourth-order valence-corrected chi connectivity index (χ4v) is 6.75. The highest BCUT2D eigenvalue weighted by Gasteiger charge is 2.16. The van der Waals surface area contributed by atoms with E-state index in [-0.39, 0.29) is 0 Å². The predicted octanol–water partition coefficient (Wildman–Crippen LogP) is 10.7. The highest BCUT2D eigenvalue weighted by Crippen LogP contribution is 2.38. The van der Waals surface area contributed by atoms with Crippen LogP contribution in [-0.4, -0.2) is 9.13 Å². The van der Waals surface area contributed by atoms with E-state index < -0.39 is 0 Å². The molecule has 7 aromatic carbocycles. The van der Waals surface area contributed by atoms with Gasteiger partial charge in [-0.15, -0.1) is 0 Å². The van der Waals surface area contributed by atoms with Crippen LogP contribution in [0.4, 0.5) is 0 Å². The summed E-state index contributed by atoms with van der Waals surface area (Å²) in [7, 11) is 0. The number of benzene rings is 7. The van der Waals surface area contributed by atoms with E-state index in [1.807, 2.05) is 0 Å². The van der Waals surface area contributed by atoms with Crippen molar-refractivity contribution in [2.75, 3.05) is 0 Å². The van der Waals surface area contributed by atoms with Crippen molar-refractivity contribution >= 4 is 54.3 Å². The van der Waals surface area contributed by atoms with Crippen LogP contribution >= 0.6 is 0 Å². The van der Waals surface area contributed by atoms with Gasteiger partial charge in [0.05, 0.1) is 16.6 Å². The number of para-hydroxylation sites is 2. The highest BCUT2D eigenvalue weighted by atomic mass is 15.0. The molecule has 0 saturated heterocycles. The van der Waals surface area contributed by atoms with Crippen LogP contribution in [0.2, 0.25) is 0 Å². The van der Waals surface area contributed by atoms with Crippen LogP contribution in [0.1, 0.15) is 0 Å². The molecular weight excluding hydrogens is 508 g/mol. The van der Waals surface area contributed by atoms with Crippen molar-refractivity contribution in [1.29, 1.82) is 0 Å². The summed E-state index contributed by atoms with van der Waals surface area (Å²) in [5.41, 5.74) is 8.46. The molecule has 9 rings (SSSR count). The van der Waals surface area contributed by atoms with Crippen molar-refractivity contribution in [2.45, 2.75) is 0 Å². The minimum atomic E-state index is 1.15. The number of fused-ring (bicyclic) bond motifs is 8. The van der Waals surface area contributed by atoms with Crippen molar-refractivity contribution in [1.82, 2.24) is 9.13 Å². The van der Waals surface area contributed by atoms with Crippen molar-refractivity contribution in [3.05, 3.63) is 158 Å². The lowest BCUT2D eigenvalue weighted by Gasteiger charge is -2.11. The van der Waals surface area contributed by atoms with E-state index in [0.29, 0.717) is 0 Å². The van der Waals surface area contributed by atoms with Crippen LogP contribution in [0, 0.1) is 0 Å². The van der Waals surface area contributed by atoms with Gasteiger partial charge in [0.1, 0.15) is 0 Å². The zero-order valence-electron chi connectivity index (χ0n) is 22.9. The third-order valence-corrected chi connectivity index (χ3v) is 8.74. The van der Waals surface area contributed by atoms with Crippen LogP contribution in [0.25, 0.3) is 76.8 Å². The molecule has 2 heteroatoms. The molecule has 42 heavy (non-hydrogen) atoms. The average molecular weight is 535 g/mol. The molecule has 9 aromatic rings. The van der Waals surface area contributed by atoms with E-state index in [9.17, 15) is 0 Å². The Morgan fingerprint density at radius 2 is 1.05 bits per heavy atom. The summed E-state index contributed by atoms with van der Waals surface area (Å²) in [5.74, 6) is 0. The first-order valence-corrected chi connectivity index (χ1v) is 14.4. The van der Waals surface area contributed by atoms with Gasteiger partial charge in [0.2, 0.25) is 0 Å². The quantitative estimate of drug-likeness (QED) is 0.200. The molecule has 0 aliphatic heterocycles. The Balaban J connectivity index is 1.16. The van der Waals surface area contributed by atoms with Crippen molar-refractivity contribution in [2.24, 2.45) is 0 Å². The predicted molar refractivity (Wildman–Crippen MR) is 178 cm³/mol.